The second-order valence-corrected chi connectivity index (χ2v) is 3.46. The Balaban J connectivity index is 0.00000169. The van der Waals surface area contributed by atoms with Crippen LogP contribution in [0, 0.1) is 5.41 Å². The van der Waals surface area contributed by atoms with E-state index in [0.29, 0.717) is 5.56 Å². The zero-order valence-corrected chi connectivity index (χ0v) is 9.03. The second-order valence-electron chi connectivity index (χ2n) is 2.44. The van der Waals surface area contributed by atoms with Crippen LogP contribution in [0.3, 0.4) is 0 Å². The molecule has 0 bridgehead atoms. The summed E-state index contributed by atoms with van der Waals surface area (Å²) in [5, 5.41) is 6.91. The number of thioether (sulfide) groups is 1. The molecule has 3 N–H and O–H groups in total. The van der Waals surface area contributed by atoms with Gasteiger partial charge in [0.25, 0.3) is 0 Å². The van der Waals surface area contributed by atoms with Crippen LogP contribution in [0.4, 0.5) is 0 Å². The van der Waals surface area contributed by atoms with Crippen molar-refractivity contribution in [3.8, 4) is 0 Å². The Morgan fingerprint density at radius 1 is 1.36 bits per heavy atom. The second kappa shape index (κ2) is 6.45. The fourth-order valence-electron chi connectivity index (χ4n) is 0.851. The van der Waals surface area contributed by atoms with E-state index in [4.69, 9.17) is 11.1 Å². The van der Waals surface area contributed by atoms with Gasteiger partial charge in [-0.2, -0.15) is 0 Å². The van der Waals surface area contributed by atoms with Crippen molar-refractivity contribution in [3.63, 3.8) is 0 Å². The zero-order valence-electron chi connectivity index (χ0n) is 7.40. The van der Waals surface area contributed by atoms with E-state index in [1.165, 1.54) is 0 Å². The van der Waals surface area contributed by atoms with Crippen LogP contribution in [-0.4, -0.2) is 16.7 Å². The fraction of sp³-hybridized carbons (Fsp3) is 0.111. The summed E-state index contributed by atoms with van der Waals surface area (Å²) in [7, 11) is 0. The van der Waals surface area contributed by atoms with Gasteiger partial charge in [-0.1, -0.05) is 42.1 Å². The van der Waals surface area contributed by atoms with Gasteiger partial charge in [-0.15, -0.1) is 12.4 Å². The van der Waals surface area contributed by atoms with Gasteiger partial charge in [-0.3, -0.25) is 10.2 Å². The van der Waals surface area contributed by atoms with Crippen molar-refractivity contribution in [2.45, 2.75) is 0 Å². The summed E-state index contributed by atoms with van der Waals surface area (Å²) in [5.41, 5.74) is 5.78. The third-order valence-corrected chi connectivity index (χ3v) is 2.17. The number of hydrogen-bond donors (Lipinski definition) is 2. The van der Waals surface area contributed by atoms with Gasteiger partial charge in [-0.25, -0.2) is 0 Å². The topological polar surface area (TPSA) is 66.9 Å². The molecule has 0 spiro atoms. The van der Waals surface area contributed by atoms with Crippen LogP contribution >= 0.6 is 24.2 Å². The molecule has 5 heteroatoms. The standard InChI is InChI=1S/C9H10N2OS.ClH/c10-9(11)13-6-8(12)7-4-2-1-3-5-7;/h1-5H,6H2,(H3,10,11);1H. The van der Waals surface area contributed by atoms with E-state index in [1.807, 2.05) is 18.2 Å². The number of amidine groups is 1. The van der Waals surface area contributed by atoms with Gasteiger partial charge < -0.3 is 5.73 Å². The Bertz CT molecular complexity index is 316. The average Bonchev–Trinajstić information content (AvgIpc) is 2.15. The van der Waals surface area contributed by atoms with Crippen molar-refractivity contribution in [2.24, 2.45) is 5.73 Å². The highest BCUT2D eigenvalue weighted by Crippen LogP contribution is 2.05. The van der Waals surface area contributed by atoms with Gasteiger partial charge >= 0.3 is 0 Å². The largest absolute Gasteiger partial charge is 0.379 e. The molecule has 3 nitrogen and oxygen atoms in total. The van der Waals surface area contributed by atoms with Crippen LogP contribution in [0.1, 0.15) is 10.4 Å². The van der Waals surface area contributed by atoms with Gasteiger partial charge in [0.05, 0.1) is 5.75 Å². The third kappa shape index (κ3) is 4.30. The van der Waals surface area contributed by atoms with Crippen molar-refractivity contribution in [1.82, 2.24) is 0 Å². The first-order chi connectivity index (χ1) is 6.20. The van der Waals surface area contributed by atoms with Gasteiger partial charge in [0, 0.05) is 5.56 Å². The fourth-order valence-corrected chi connectivity index (χ4v) is 1.30. The number of nitrogens with two attached hydrogens (primary N) is 1. The molecule has 76 valence electrons. The quantitative estimate of drug-likeness (QED) is 0.474. The normalized spacial score (nSPS) is 8.86. The van der Waals surface area contributed by atoms with Gasteiger partial charge in [0.1, 0.15) is 0 Å². The lowest BCUT2D eigenvalue weighted by atomic mass is 10.2. The van der Waals surface area contributed by atoms with Crippen molar-refractivity contribution in [2.75, 3.05) is 5.75 Å². The maximum Gasteiger partial charge on any atom is 0.173 e. The third-order valence-electron chi connectivity index (χ3n) is 1.45. The molecule has 0 aliphatic heterocycles. The van der Waals surface area contributed by atoms with E-state index in [2.05, 4.69) is 0 Å². The number of carbonyl (C=O) groups is 1. The maximum atomic E-state index is 11.4. The SMILES string of the molecule is Cl.N=C(N)SCC(=O)c1ccccc1. The molecule has 0 saturated carbocycles. The molecule has 0 aromatic heterocycles. The highest BCUT2D eigenvalue weighted by Gasteiger charge is 2.04. The van der Waals surface area contributed by atoms with E-state index >= 15 is 0 Å². The molecule has 0 saturated heterocycles. The summed E-state index contributed by atoms with van der Waals surface area (Å²) in [6, 6.07) is 8.98. The summed E-state index contributed by atoms with van der Waals surface area (Å²) >= 11 is 1.05. The first kappa shape index (κ1) is 13.0. The molecule has 1 aromatic rings. The molecule has 0 amide bonds. The number of Topliss-reactive ketones (excluding diaryl/α,β-unsaturated/α-hetero) is 1. The number of ketones is 1. The molecule has 1 aromatic carbocycles. The average molecular weight is 231 g/mol. The summed E-state index contributed by atoms with van der Waals surface area (Å²) in [6.07, 6.45) is 0. The number of nitrogens with one attached hydrogen (secondary N) is 1. The van der Waals surface area contributed by atoms with Crippen LogP contribution < -0.4 is 5.73 Å². The maximum absolute atomic E-state index is 11.4. The Labute approximate surface area is 93.0 Å². The summed E-state index contributed by atoms with van der Waals surface area (Å²) in [6.45, 7) is 0. The zero-order chi connectivity index (χ0) is 9.68. The van der Waals surface area contributed by atoms with E-state index in [0.717, 1.165) is 11.8 Å². The number of rotatable bonds is 3. The molecule has 0 heterocycles. The van der Waals surface area contributed by atoms with Gasteiger partial charge in [0.15, 0.2) is 11.0 Å². The van der Waals surface area contributed by atoms with Gasteiger partial charge in [-0.05, 0) is 0 Å². The predicted molar refractivity (Wildman–Crippen MR) is 62.4 cm³/mol. The Morgan fingerprint density at radius 2 is 1.93 bits per heavy atom. The van der Waals surface area contributed by atoms with E-state index in [-0.39, 0.29) is 29.1 Å². The monoisotopic (exact) mass is 230 g/mol. The van der Waals surface area contributed by atoms with E-state index in [1.54, 1.807) is 12.1 Å². The molecule has 0 radical (unpaired) electrons. The van der Waals surface area contributed by atoms with Gasteiger partial charge in [0.2, 0.25) is 0 Å². The van der Waals surface area contributed by atoms with Crippen molar-refractivity contribution < 1.29 is 4.79 Å². The molecule has 0 aliphatic rings. The highest BCUT2D eigenvalue weighted by atomic mass is 35.5. The number of benzene rings is 1. The lowest BCUT2D eigenvalue weighted by Crippen LogP contribution is -2.09. The van der Waals surface area contributed by atoms with Crippen molar-refractivity contribution in [1.29, 1.82) is 5.41 Å². The van der Waals surface area contributed by atoms with Crippen LogP contribution in [-0.2, 0) is 0 Å². The lowest BCUT2D eigenvalue weighted by molar-refractivity contribution is 0.102. The number of hydrogen-bond acceptors (Lipinski definition) is 3. The molecule has 0 aliphatic carbocycles. The smallest absolute Gasteiger partial charge is 0.173 e. The minimum atomic E-state index is -0.0238. The van der Waals surface area contributed by atoms with Crippen molar-refractivity contribution in [3.05, 3.63) is 35.9 Å². The highest BCUT2D eigenvalue weighted by molar-refractivity contribution is 8.14. The molecular formula is C9H11ClN2OS. The summed E-state index contributed by atoms with van der Waals surface area (Å²) < 4.78 is 0. The molecular weight excluding hydrogens is 220 g/mol. The first-order valence-electron chi connectivity index (χ1n) is 3.75. The molecule has 0 unspecified atom stereocenters. The molecule has 0 atom stereocenters. The van der Waals surface area contributed by atoms with Crippen LogP contribution in [0.25, 0.3) is 0 Å². The lowest BCUT2D eigenvalue weighted by Gasteiger charge is -1.98. The Hall–Kier alpha value is -1.00. The molecule has 0 fully saturated rings. The number of carbonyl (C=O) groups excluding carboxylic acids is 1. The Morgan fingerprint density at radius 3 is 2.43 bits per heavy atom. The van der Waals surface area contributed by atoms with Crippen LogP contribution in [0.5, 0.6) is 0 Å². The Kier molecular flexibility index (Phi) is 5.99. The summed E-state index contributed by atoms with van der Waals surface area (Å²) in [4.78, 5) is 11.4. The van der Waals surface area contributed by atoms with Crippen LogP contribution in [0.15, 0.2) is 30.3 Å². The minimum absolute atomic E-state index is 0. The van der Waals surface area contributed by atoms with E-state index < -0.39 is 0 Å². The molecule has 14 heavy (non-hydrogen) atoms. The van der Waals surface area contributed by atoms with Crippen LogP contribution in [0.2, 0.25) is 0 Å². The van der Waals surface area contributed by atoms with Crippen molar-refractivity contribution >= 4 is 35.1 Å². The minimum Gasteiger partial charge on any atom is -0.379 e. The summed E-state index contributed by atoms with van der Waals surface area (Å²) in [5.74, 6) is 0.236. The first-order valence-corrected chi connectivity index (χ1v) is 4.74. The molecule has 1 rings (SSSR count). The van der Waals surface area contributed by atoms with E-state index in [9.17, 15) is 4.79 Å². The number of halogens is 1. The predicted octanol–water partition coefficient (Wildman–Crippen LogP) is 1.92.